The average Bonchev–Trinajstić information content (AvgIpc) is 2.21. The van der Waals surface area contributed by atoms with E-state index in [0.29, 0.717) is 0 Å². The highest BCUT2D eigenvalue weighted by atomic mass is 32.2. The van der Waals surface area contributed by atoms with Gasteiger partial charge in [-0.2, -0.15) is 0 Å². The smallest absolute Gasteiger partial charge is 0.0132 e. The van der Waals surface area contributed by atoms with Crippen LogP contribution in [-0.4, -0.2) is 5.25 Å². The van der Waals surface area contributed by atoms with E-state index in [4.69, 9.17) is 0 Å². The van der Waals surface area contributed by atoms with Crippen molar-refractivity contribution in [2.75, 3.05) is 0 Å². The molecule has 2 rings (SSSR count). The van der Waals surface area contributed by atoms with Crippen LogP contribution >= 0.6 is 11.8 Å². The summed E-state index contributed by atoms with van der Waals surface area (Å²) in [5.74, 6) is 0. The third kappa shape index (κ3) is 2.63. The minimum Gasteiger partial charge on any atom is -0.122 e. The largest absolute Gasteiger partial charge is 0.122 e. The number of rotatable bonds is 2. The lowest BCUT2D eigenvalue weighted by atomic mass is 10.1. The summed E-state index contributed by atoms with van der Waals surface area (Å²) in [7, 11) is 0. The Morgan fingerprint density at radius 2 is 1.92 bits per heavy atom. The van der Waals surface area contributed by atoms with Crippen LogP contribution in [0.25, 0.3) is 0 Å². The van der Waals surface area contributed by atoms with Crippen LogP contribution in [0.2, 0.25) is 0 Å². The molecule has 0 aliphatic heterocycles. The first-order valence-electron chi connectivity index (χ1n) is 4.82. The molecule has 13 heavy (non-hydrogen) atoms. The highest BCUT2D eigenvalue weighted by Gasteiger charge is 2.10. The van der Waals surface area contributed by atoms with Crippen molar-refractivity contribution in [3.05, 3.63) is 42.5 Å². The van der Waals surface area contributed by atoms with E-state index in [0.717, 1.165) is 5.25 Å². The summed E-state index contributed by atoms with van der Waals surface area (Å²) in [4.78, 5) is 1.41. The van der Waals surface area contributed by atoms with E-state index in [1.165, 1.54) is 24.2 Å². The van der Waals surface area contributed by atoms with Crippen LogP contribution < -0.4 is 0 Å². The number of allylic oxidation sites excluding steroid dienone is 2. The fraction of sp³-hybridized carbons (Fsp3) is 0.333. The van der Waals surface area contributed by atoms with Crippen molar-refractivity contribution in [1.29, 1.82) is 0 Å². The molecule has 0 amide bonds. The average molecular weight is 190 g/mol. The second-order valence-electron chi connectivity index (χ2n) is 3.34. The normalized spacial score (nSPS) is 21.7. The zero-order valence-electron chi connectivity index (χ0n) is 7.65. The SMILES string of the molecule is C1=CCC(Sc2ccccc2)CC1. The van der Waals surface area contributed by atoms with Crippen molar-refractivity contribution in [2.45, 2.75) is 29.4 Å². The molecule has 1 unspecified atom stereocenters. The van der Waals surface area contributed by atoms with Crippen molar-refractivity contribution in [1.82, 2.24) is 0 Å². The lowest BCUT2D eigenvalue weighted by molar-refractivity contribution is 0.748. The van der Waals surface area contributed by atoms with Gasteiger partial charge in [0.15, 0.2) is 0 Å². The topological polar surface area (TPSA) is 0 Å². The van der Waals surface area contributed by atoms with Crippen molar-refractivity contribution in [3.8, 4) is 0 Å². The van der Waals surface area contributed by atoms with Gasteiger partial charge in [0.05, 0.1) is 0 Å². The van der Waals surface area contributed by atoms with Crippen molar-refractivity contribution in [2.24, 2.45) is 0 Å². The molecule has 0 fully saturated rings. The molecule has 1 aromatic rings. The third-order valence-electron chi connectivity index (χ3n) is 2.27. The molecule has 0 radical (unpaired) electrons. The number of benzene rings is 1. The van der Waals surface area contributed by atoms with E-state index in [1.54, 1.807) is 0 Å². The summed E-state index contributed by atoms with van der Waals surface area (Å²) in [6, 6.07) is 10.7. The van der Waals surface area contributed by atoms with Crippen molar-refractivity contribution < 1.29 is 0 Å². The molecule has 1 aliphatic rings. The van der Waals surface area contributed by atoms with E-state index in [1.807, 2.05) is 11.8 Å². The summed E-state index contributed by atoms with van der Waals surface area (Å²) in [6.07, 6.45) is 8.42. The summed E-state index contributed by atoms with van der Waals surface area (Å²) in [5.41, 5.74) is 0. The first-order chi connectivity index (χ1) is 6.45. The van der Waals surface area contributed by atoms with Crippen molar-refractivity contribution in [3.63, 3.8) is 0 Å². The maximum atomic E-state index is 2.31. The molecule has 1 aliphatic carbocycles. The minimum atomic E-state index is 0.799. The number of thioether (sulfide) groups is 1. The Bertz CT molecular complexity index is 276. The molecule has 0 aromatic heterocycles. The second kappa shape index (κ2) is 4.52. The van der Waals surface area contributed by atoms with Crippen LogP contribution in [0.5, 0.6) is 0 Å². The van der Waals surface area contributed by atoms with Gasteiger partial charge in [-0.1, -0.05) is 30.4 Å². The Hall–Kier alpha value is -0.690. The number of hydrogen-bond donors (Lipinski definition) is 0. The summed E-state index contributed by atoms with van der Waals surface area (Å²) >= 11 is 2.01. The van der Waals surface area contributed by atoms with Gasteiger partial charge in [-0.3, -0.25) is 0 Å². The maximum Gasteiger partial charge on any atom is 0.0132 e. The first kappa shape index (κ1) is 8.89. The van der Waals surface area contributed by atoms with E-state index >= 15 is 0 Å². The molecule has 1 aromatic carbocycles. The Kier molecular flexibility index (Phi) is 3.09. The van der Waals surface area contributed by atoms with Gasteiger partial charge in [-0.25, -0.2) is 0 Å². The van der Waals surface area contributed by atoms with Gasteiger partial charge in [0.1, 0.15) is 0 Å². The van der Waals surface area contributed by atoms with Gasteiger partial charge in [-0.05, 0) is 31.4 Å². The molecule has 0 N–H and O–H groups in total. The molecule has 0 heterocycles. The van der Waals surface area contributed by atoms with Gasteiger partial charge in [0.25, 0.3) is 0 Å². The zero-order valence-corrected chi connectivity index (χ0v) is 8.46. The Morgan fingerprint density at radius 1 is 1.08 bits per heavy atom. The quantitative estimate of drug-likeness (QED) is 0.638. The summed E-state index contributed by atoms with van der Waals surface area (Å²) < 4.78 is 0. The monoisotopic (exact) mass is 190 g/mol. The van der Waals surface area contributed by atoms with Gasteiger partial charge in [0, 0.05) is 10.1 Å². The van der Waals surface area contributed by atoms with Crippen LogP contribution in [0.4, 0.5) is 0 Å². The van der Waals surface area contributed by atoms with Gasteiger partial charge in [0.2, 0.25) is 0 Å². The predicted molar refractivity (Wildman–Crippen MR) is 59.1 cm³/mol. The lowest BCUT2D eigenvalue weighted by Gasteiger charge is -2.16. The third-order valence-corrected chi connectivity index (χ3v) is 3.57. The van der Waals surface area contributed by atoms with Crippen LogP contribution in [0, 0.1) is 0 Å². The van der Waals surface area contributed by atoms with E-state index in [2.05, 4.69) is 42.5 Å². The second-order valence-corrected chi connectivity index (χ2v) is 4.71. The lowest BCUT2D eigenvalue weighted by Crippen LogP contribution is -2.03. The van der Waals surface area contributed by atoms with Gasteiger partial charge >= 0.3 is 0 Å². The van der Waals surface area contributed by atoms with Gasteiger partial charge in [-0.15, -0.1) is 11.8 Å². The van der Waals surface area contributed by atoms with Crippen LogP contribution in [0.3, 0.4) is 0 Å². The van der Waals surface area contributed by atoms with Crippen molar-refractivity contribution >= 4 is 11.8 Å². The molecular weight excluding hydrogens is 176 g/mol. The van der Waals surface area contributed by atoms with Crippen LogP contribution in [-0.2, 0) is 0 Å². The van der Waals surface area contributed by atoms with E-state index < -0.39 is 0 Å². The van der Waals surface area contributed by atoms with E-state index in [9.17, 15) is 0 Å². The predicted octanol–water partition coefficient (Wildman–Crippen LogP) is 3.89. The Balaban J connectivity index is 1.94. The summed E-state index contributed by atoms with van der Waals surface area (Å²) in [6.45, 7) is 0. The molecule has 1 heteroatoms. The Morgan fingerprint density at radius 3 is 2.62 bits per heavy atom. The maximum absolute atomic E-state index is 2.31. The zero-order chi connectivity index (χ0) is 8.93. The molecule has 0 saturated heterocycles. The fourth-order valence-electron chi connectivity index (χ4n) is 1.56. The highest BCUT2D eigenvalue weighted by molar-refractivity contribution is 8.00. The minimum absolute atomic E-state index is 0.799. The first-order valence-corrected chi connectivity index (χ1v) is 5.70. The summed E-state index contributed by atoms with van der Waals surface area (Å²) in [5, 5.41) is 0.799. The number of hydrogen-bond acceptors (Lipinski definition) is 1. The fourth-order valence-corrected chi connectivity index (χ4v) is 2.72. The molecule has 1 atom stereocenters. The molecule has 0 nitrogen and oxygen atoms in total. The molecule has 68 valence electrons. The van der Waals surface area contributed by atoms with Gasteiger partial charge < -0.3 is 0 Å². The van der Waals surface area contributed by atoms with E-state index in [-0.39, 0.29) is 0 Å². The molecule has 0 bridgehead atoms. The molecule has 0 saturated carbocycles. The molecule has 0 spiro atoms. The van der Waals surface area contributed by atoms with Crippen LogP contribution in [0.15, 0.2) is 47.4 Å². The highest BCUT2D eigenvalue weighted by Crippen LogP contribution is 2.30. The standard InChI is InChI=1S/C12H14S/c1-3-7-11(8-4-1)13-12-9-5-2-6-10-12/h1-5,7-8,12H,6,9-10H2. The Labute approximate surface area is 84.0 Å². The molecular formula is C12H14S. The van der Waals surface area contributed by atoms with Crippen LogP contribution in [0.1, 0.15) is 19.3 Å².